The van der Waals surface area contributed by atoms with Crippen molar-refractivity contribution in [2.24, 2.45) is 5.16 Å². The lowest BCUT2D eigenvalue weighted by atomic mass is 9.97. The molecule has 0 amide bonds. The highest BCUT2D eigenvalue weighted by Gasteiger charge is 2.31. The van der Waals surface area contributed by atoms with E-state index in [9.17, 15) is 4.79 Å². The molecule has 0 spiro atoms. The molecule has 0 aliphatic rings. The van der Waals surface area contributed by atoms with Crippen LogP contribution in [-0.4, -0.2) is 31.5 Å². The van der Waals surface area contributed by atoms with Gasteiger partial charge in [0.05, 0.1) is 28.9 Å². The molecule has 174 valence electrons. The second-order valence-electron chi connectivity index (χ2n) is 7.69. The van der Waals surface area contributed by atoms with Crippen LogP contribution in [0.2, 0.25) is 0 Å². The van der Waals surface area contributed by atoms with E-state index in [4.69, 9.17) is 19.0 Å². The Kier molecular flexibility index (Phi) is 9.58. The molecule has 0 fully saturated rings. The zero-order valence-corrected chi connectivity index (χ0v) is 22.4. The highest BCUT2D eigenvalue weighted by molar-refractivity contribution is 9.11. The molecule has 0 aliphatic carbocycles. The summed E-state index contributed by atoms with van der Waals surface area (Å²) < 4.78 is 18.1. The normalized spacial score (nSPS) is 12.5. The fourth-order valence-corrected chi connectivity index (χ4v) is 4.20. The fraction of sp³-hybridized carbons (Fsp3) is 0.417. The summed E-state index contributed by atoms with van der Waals surface area (Å²) in [5.74, 6) is 2.07. The van der Waals surface area contributed by atoms with Gasteiger partial charge in [0.25, 0.3) is 0 Å². The fourth-order valence-electron chi connectivity index (χ4n) is 2.81. The lowest BCUT2D eigenvalue weighted by molar-refractivity contribution is -0.167. The first-order chi connectivity index (χ1) is 15.1. The van der Waals surface area contributed by atoms with E-state index in [1.807, 2.05) is 30.3 Å². The maximum absolute atomic E-state index is 11.9. The molecule has 0 saturated carbocycles. The number of hydrogen-bond acceptors (Lipinski definition) is 6. The van der Waals surface area contributed by atoms with Crippen LogP contribution in [0.4, 0.5) is 0 Å². The molecule has 8 heteroatoms. The Bertz CT molecular complexity index is 952. The van der Waals surface area contributed by atoms with Crippen LogP contribution in [0.25, 0.3) is 0 Å². The molecule has 0 N–H and O–H groups in total. The number of rotatable bonds is 10. The molecular formula is C24H29Br2NO5. The first kappa shape index (κ1) is 26.2. The molecule has 0 bridgehead atoms. The SMILES string of the molecule is CCOC(=O)C(C)(C)ON=Cc1cc(Br)c(Oc2ccc(OC)c(C(C)CC)c2)c(Br)c1. The molecule has 0 saturated heterocycles. The summed E-state index contributed by atoms with van der Waals surface area (Å²) in [4.78, 5) is 17.2. The van der Waals surface area contributed by atoms with Crippen LogP contribution in [0.3, 0.4) is 0 Å². The van der Waals surface area contributed by atoms with Crippen molar-refractivity contribution < 1.29 is 23.8 Å². The minimum absolute atomic E-state index is 0.281. The van der Waals surface area contributed by atoms with E-state index in [2.05, 4.69) is 50.9 Å². The molecule has 2 aromatic rings. The van der Waals surface area contributed by atoms with E-state index in [1.54, 1.807) is 27.9 Å². The number of benzene rings is 2. The van der Waals surface area contributed by atoms with E-state index in [0.717, 1.165) is 32.2 Å². The number of carbonyl (C=O) groups excluding carboxylic acids is 1. The number of hydrogen-bond donors (Lipinski definition) is 0. The molecule has 0 heterocycles. The van der Waals surface area contributed by atoms with Gasteiger partial charge in [-0.1, -0.05) is 19.0 Å². The van der Waals surface area contributed by atoms with Crippen LogP contribution in [0.15, 0.2) is 44.4 Å². The van der Waals surface area contributed by atoms with Gasteiger partial charge in [-0.15, -0.1) is 0 Å². The average molecular weight is 571 g/mol. The van der Waals surface area contributed by atoms with Gasteiger partial charge in [-0.05, 0) is 101 Å². The van der Waals surface area contributed by atoms with Gasteiger partial charge in [-0.25, -0.2) is 4.79 Å². The van der Waals surface area contributed by atoms with E-state index in [1.165, 1.54) is 6.21 Å². The van der Waals surface area contributed by atoms with Gasteiger partial charge in [0, 0.05) is 5.56 Å². The van der Waals surface area contributed by atoms with E-state index in [-0.39, 0.29) is 6.61 Å². The molecule has 6 nitrogen and oxygen atoms in total. The van der Waals surface area contributed by atoms with Crippen LogP contribution < -0.4 is 9.47 Å². The monoisotopic (exact) mass is 569 g/mol. The number of oxime groups is 1. The largest absolute Gasteiger partial charge is 0.496 e. The standard InChI is InChI=1S/C24H29Br2NO5/c1-7-15(3)18-13-17(9-10-21(18)29-6)31-22-19(25)11-16(12-20(22)26)14-27-32-24(4,5)23(28)30-8-2/h9-15H,7-8H2,1-6H3. The average Bonchev–Trinajstić information content (AvgIpc) is 2.75. The number of ether oxygens (including phenoxy) is 3. The molecule has 2 rings (SSSR count). The molecule has 1 atom stereocenters. The lowest BCUT2D eigenvalue weighted by Gasteiger charge is -2.19. The van der Waals surface area contributed by atoms with Gasteiger partial charge in [-0.2, -0.15) is 0 Å². The van der Waals surface area contributed by atoms with Crippen LogP contribution in [0.1, 0.15) is 58.1 Å². The van der Waals surface area contributed by atoms with Gasteiger partial charge >= 0.3 is 5.97 Å². The topological polar surface area (TPSA) is 66.4 Å². The Labute approximate surface area is 206 Å². The Morgan fingerprint density at radius 3 is 2.38 bits per heavy atom. The van der Waals surface area contributed by atoms with Crippen molar-refractivity contribution in [3.8, 4) is 17.2 Å². The van der Waals surface area contributed by atoms with Gasteiger partial charge in [-0.3, -0.25) is 0 Å². The molecule has 0 radical (unpaired) electrons. The Morgan fingerprint density at radius 1 is 1.16 bits per heavy atom. The third-order valence-electron chi connectivity index (χ3n) is 4.83. The first-order valence-corrected chi connectivity index (χ1v) is 11.9. The third-order valence-corrected chi connectivity index (χ3v) is 6.01. The predicted octanol–water partition coefficient (Wildman–Crippen LogP) is 7.22. The smallest absolute Gasteiger partial charge is 0.352 e. The van der Waals surface area contributed by atoms with Crippen molar-refractivity contribution in [1.29, 1.82) is 0 Å². The second kappa shape index (κ2) is 11.7. The molecule has 2 aromatic carbocycles. The Morgan fingerprint density at radius 2 is 1.81 bits per heavy atom. The first-order valence-electron chi connectivity index (χ1n) is 10.4. The summed E-state index contributed by atoms with van der Waals surface area (Å²) in [5.41, 5.74) is 0.682. The summed E-state index contributed by atoms with van der Waals surface area (Å²) >= 11 is 7.13. The van der Waals surface area contributed by atoms with Crippen molar-refractivity contribution >= 4 is 44.0 Å². The minimum Gasteiger partial charge on any atom is -0.496 e. The van der Waals surface area contributed by atoms with Crippen molar-refractivity contribution in [3.05, 3.63) is 50.4 Å². The zero-order chi connectivity index (χ0) is 23.9. The van der Waals surface area contributed by atoms with Crippen LogP contribution in [0, 0.1) is 0 Å². The van der Waals surface area contributed by atoms with Gasteiger partial charge in [0.15, 0.2) is 5.75 Å². The van der Waals surface area contributed by atoms with Crippen LogP contribution in [0.5, 0.6) is 17.2 Å². The number of methoxy groups -OCH3 is 1. The van der Waals surface area contributed by atoms with Crippen molar-refractivity contribution in [2.75, 3.05) is 13.7 Å². The Balaban J connectivity index is 2.21. The number of carbonyl (C=O) groups is 1. The summed E-state index contributed by atoms with van der Waals surface area (Å²) in [6, 6.07) is 9.51. The second-order valence-corrected chi connectivity index (χ2v) is 9.39. The molecular weight excluding hydrogens is 542 g/mol. The number of nitrogens with zero attached hydrogens (tertiary/aromatic N) is 1. The lowest BCUT2D eigenvalue weighted by Crippen LogP contribution is -2.35. The van der Waals surface area contributed by atoms with Gasteiger partial charge in [0.2, 0.25) is 5.60 Å². The van der Waals surface area contributed by atoms with Crippen LogP contribution >= 0.6 is 31.9 Å². The Hall–Kier alpha value is -2.06. The van der Waals surface area contributed by atoms with Gasteiger partial charge < -0.3 is 19.0 Å². The maximum Gasteiger partial charge on any atom is 0.352 e. The predicted molar refractivity (Wildman–Crippen MR) is 133 cm³/mol. The summed E-state index contributed by atoms with van der Waals surface area (Å²) in [6.07, 6.45) is 2.52. The maximum atomic E-state index is 11.9. The minimum atomic E-state index is -1.17. The van der Waals surface area contributed by atoms with Gasteiger partial charge in [0.1, 0.15) is 11.5 Å². The van der Waals surface area contributed by atoms with Crippen LogP contribution in [-0.2, 0) is 14.4 Å². The molecule has 0 aliphatic heterocycles. The molecule has 1 unspecified atom stereocenters. The van der Waals surface area contributed by atoms with Crippen molar-refractivity contribution in [1.82, 2.24) is 0 Å². The summed E-state index contributed by atoms with van der Waals surface area (Å²) in [7, 11) is 1.67. The summed E-state index contributed by atoms with van der Waals surface area (Å²) in [5, 5.41) is 3.95. The van der Waals surface area contributed by atoms with E-state index in [0.29, 0.717) is 17.4 Å². The summed E-state index contributed by atoms with van der Waals surface area (Å²) in [6.45, 7) is 9.54. The van der Waals surface area contributed by atoms with Crippen molar-refractivity contribution in [2.45, 2.75) is 52.6 Å². The quantitative estimate of drug-likeness (QED) is 0.171. The highest BCUT2D eigenvalue weighted by atomic mass is 79.9. The van der Waals surface area contributed by atoms with Crippen molar-refractivity contribution in [3.63, 3.8) is 0 Å². The third kappa shape index (κ3) is 6.72. The van der Waals surface area contributed by atoms with E-state index < -0.39 is 11.6 Å². The highest BCUT2D eigenvalue weighted by Crippen LogP contribution is 2.40. The molecule has 0 aromatic heterocycles. The van der Waals surface area contributed by atoms with E-state index >= 15 is 0 Å². The number of esters is 1. The number of halogens is 2. The molecule has 32 heavy (non-hydrogen) atoms. The zero-order valence-electron chi connectivity index (χ0n) is 19.2.